The maximum atomic E-state index is 10.8. The zero-order chi connectivity index (χ0) is 10.6. The van der Waals surface area contributed by atoms with Crippen molar-refractivity contribution in [3.05, 3.63) is 23.8 Å². The van der Waals surface area contributed by atoms with Gasteiger partial charge >= 0.3 is 5.97 Å². The Morgan fingerprint density at radius 2 is 2.14 bits per heavy atom. The SMILES string of the molecule is COc1ccc(CBr)cc1OC(C)=O. The summed E-state index contributed by atoms with van der Waals surface area (Å²) in [5.74, 6) is 0.664. The summed E-state index contributed by atoms with van der Waals surface area (Å²) in [4.78, 5) is 10.8. The van der Waals surface area contributed by atoms with Gasteiger partial charge in [-0.05, 0) is 17.7 Å². The first-order valence-corrected chi connectivity index (χ1v) is 5.21. The highest BCUT2D eigenvalue weighted by Crippen LogP contribution is 2.28. The predicted molar refractivity (Wildman–Crippen MR) is 56.9 cm³/mol. The summed E-state index contributed by atoms with van der Waals surface area (Å²) in [5, 5.41) is 0.714. The molecule has 0 aliphatic heterocycles. The Balaban J connectivity index is 3.01. The number of carbonyl (C=O) groups is 1. The molecule has 0 saturated carbocycles. The Morgan fingerprint density at radius 3 is 2.64 bits per heavy atom. The van der Waals surface area contributed by atoms with E-state index >= 15 is 0 Å². The van der Waals surface area contributed by atoms with Crippen molar-refractivity contribution in [3.63, 3.8) is 0 Å². The molecule has 0 radical (unpaired) electrons. The Bertz CT molecular complexity index is 336. The van der Waals surface area contributed by atoms with Crippen LogP contribution in [-0.4, -0.2) is 13.1 Å². The minimum Gasteiger partial charge on any atom is -0.493 e. The van der Waals surface area contributed by atoms with E-state index in [1.165, 1.54) is 14.0 Å². The molecule has 0 fully saturated rings. The second-order valence-electron chi connectivity index (χ2n) is 2.71. The van der Waals surface area contributed by atoms with Gasteiger partial charge in [0.05, 0.1) is 7.11 Å². The fraction of sp³-hybridized carbons (Fsp3) is 0.300. The van der Waals surface area contributed by atoms with E-state index in [1.54, 1.807) is 12.1 Å². The van der Waals surface area contributed by atoms with E-state index in [-0.39, 0.29) is 5.97 Å². The summed E-state index contributed by atoms with van der Waals surface area (Å²) in [6.45, 7) is 1.36. The number of ether oxygens (including phenoxy) is 2. The number of halogens is 1. The Labute approximate surface area is 91.1 Å². The Kier molecular flexibility index (Phi) is 3.95. The van der Waals surface area contributed by atoms with E-state index < -0.39 is 0 Å². The lowest BCUT2D eigenvalue weighted by molar-refractivity contribution is -0.132. The lowest BCUT2D eigenvalue weighted by Gasteiger charge is -2.08. The lowest BCUT2D eigenvalue weighted by Crippen LogP contribution is -2.03. The van der Waals surface area contributed by atoms with Gasteiger partial charge in [-0.1, -0.05) is 22.0 Å². The zero-order valence-electron chi connectivity index (χ0n) is 8.04. The van der Waals surface area contributed by atoms with Crippen molar-refractivity contribution in [1.29, 1.82) is 0 Å². The molecule has 0 aliphatic rings. The van der Waals surface area contributed by atoms with E-state index in [1.807, 2.05) is 6.07 Å². The van der Waals surface area contributed by atoms with E-state index in [4.69, 9.17) is 9.47 Å². The third kappa shape index (κ3) is 2.73. The van der Waals surface area contributed by atoms with Crippen molar-refractivity contribution in [1.82, 2.24) is 0 Å². The molecular weight excluding hydrogens is 248 g/mol. The normalized spacial score (nSPS) is 9.64. The molecule has 0 aromatic heterocycles. The van der Waals surface area contributed by atoms with Crippen molar-refractivity contribution >= 4 is 21.9 Å². The molecule has 1 aromatic carbocycles. The number of carbonyl (C=O) groups excluding carboxylic acids is 1. The van der Waals surface area contributed by atoms with Gasteiger partial charge in [0.25, 0.3) is 0 Å². The summed E-state index contributed by atoms with van der Waals surface area (Å²) >= 11 is 3.32. The van der Waals surface area contributed by atoms with Gasteiger partial charge in [0.15, 0.2) is 11.5 Å². The minimum absolute atomic E-state index is 0.352. The van der Waals surface area contributed by atoms with Crippen LogP contribution >= 0.6 is 15.9 Å². The molecule has 76 valence electrons. The van der Waals surface area contributed by atoms with Gasteiger partial charge < -0.3 is 9.47 Å². The molecule has 0 aliphatic carbocycles. The van der Waals surface area contributed by atoms with Crippen LogP contribution in [0.5, 0.6) is 11.5 Å². The molecule has 14 heavy (non-hydrogen) atoms. The van der Waals surface area contributed by atoms with Crippen LogP contribution in [0, 0.1) is 0 Å². The first kappa shape index (κ1) is 11.0. The number of benzene rings is 1. The van der Waals surface area contributed by atoms with Crippen LogP contribution < -0.4 is 9.47 Å². The number of rotatable bonds is 3. The van der Waals surface area contributed by atoms with Crippen molar-refractivity contribution in [2.24, 2.45) is 0 Å². The van der Waals surface area contributed by atoms with Crippen LogP contribution in [0.1, 0.15) is 12.5 Å². The number of alkyl halides is 1. The molecule has 0 unspecified atom stereocenters. The zero-order valence-corrected chi connectivity index (χ0v) is 9.63. The maximum absolute atomic E-state index is 10.8. The van der Waals surface area contributed by atoms with Gasteiger partial charge in [-0.25, -0.2) is 0 Å². The quantitative estimate of drug-likeness (QED) is 0.475. The van der Waals surface area contributed by atoms with Crippen molar-refractivity contribution in [2.75, 3.05) is 7.11 Å². The molecule has 0 atom stereocenters. The maximum Gasteiger partial charge on any atom is 0.308 e. The summed E-state index contributed by atoms with van der Waals surface area (Å²) in [6.07, 6.45) is 0. The summed E-state index contributed by atoms with van der Waals surface area (Å²) in [7, 11) is 1.54. The first-order chi connectivity index (χ1) is 6.67. The van der Waals surface area contributed by atoms with E-state index in [2.05, 4.69) is 15.9 Å². The number of esters is 1. The van der Waals surface area contributed by atoms with Crippen LogP contribution in [0.3, 0.4) is 0 Å². The van der Waals surface area contributed by atoms with Crippen LogP contribution in [0.4, 0.5) is 0 Å². The van der Waals surface area contributed by atoms with Crippen LogP contribution in [0.25, 0.3) is 0 Å². The molecule has 1 aromatic rings. The fourth-order valence-corrected chi connectivity index (χ4v) is 1.39. The van der Waals surface area contributed by atoms with Crippen molar-refractivity contribution < 1.29 is 14.3 Å². The topological polar surface area (TPSA) is 35.5 Å². The second kappa shape index (κ2) is 5.00. The van der Waals surface area contributed by atoms with Crippen molar-refractivity contribution in [2.45, 2.75) is 12.3 Å². The van der Waals surface area contributed by atoms with Crippen LogP contribution in [-0.2, 0) is 10.1 Å². The molecule has 1 rings (SSSR count). The summed E-state index contributed by atoms with van der Waals surface area (Å²) < 4.78 is 10.0. The first-order valence-electron chi connectivity index (χ1n) is 4.08. The molecule has 0 bridgehead atoms. The highest BCUT2D eigenvalue weighted by Gasteiger charge is 2.07. The molecule has 0 heterocycles. The third-order valence-electron chi connectivity index (χ3n) is 1.64. The highest BCUT2D eigenvalue weighted by molar-refractivity contribution is 9.08. The summed E-state index contributed by atoms with van der Waals surface area (Å²) in [6, 6.07) is 5.45. The smallest absolute Gasteiger partial charge is 0.308 e. The third-order valence-corrected chi connectivity index (χ3v) is 2.28. The fourth-order valence-electron chi connectivity index (χ4n) is 1.04. The standard InChI is InChI=1S/C10H11BrO3/c1-7(12)14-10-5-8(6-11)3-4-9(10)13-2/h3-5H,6H2,1-2H3. The average Bonchev–Trinajstić information content (AvgIpc) is 2.16. The lowest BCUT2D eigenvalue weighted by atomic mass is 10.2. The summed E-state index contributed by atoms with van der Waals surface area (Å²) in [5.41, 5.74) is 1.03. The number of hydrogen-bond acceptors (Lipinski definition) is 3. The van der Waals surface area contributed by atoms with Crippen molar-refractivity contribution in [3.8, 4) is 11.5 Å². The van der Waals surface area contributed by atoms with E-state index in [0.29, 0.717) is 16.8 Å². The van der Waals surface area contributed by atoms with Gasteiger partial charge in [-0.2, -0.15) is 0 Å². The second-order valence-corrected chi connectivity index (χ2v) is 3.27. The van der Waals surface area contributed by atoms with Gasteiger partial charge in [-0.3, -0.25) is 4.79 Å². The Morgan fingerprint density at radius 1 is 1.43 bits per heavy atom. The minimum atomic E-state index is -0.352. The Hall–Kier alpha value is -1.03. The largest absolute Gasteiger partial charge is 0.493 e. The van der Waals surface area contributed by atoms with E-state index in [9.17, 15) is 4.79 Å². The van der Waals surface area contributed by atoms with Gasteiger partial charge in [0, 0.05) is 12.3 Å². The van der Waals surface area contributed by atoms with Gasteiger partial charge in [0.1, 0.15) is 0 Å². The molecule has 0 spiro atoms. The predicted octanol–water partition coefficient (Wildman–Crippen LogP) is 2.52. The van der Waals surface area contributed by atoms with Crippen LogP contribution in [0.15, 0.2) is 18.2 Å². The van der Waals surface area contributed by atoms with E-state index in [0.717, 1.165) is 5.56 Å². The number of methoxy groups -OCH3 is 1. The molecule has 0 amide bonds. The molecular formula is C10H11BrO3. The van der Waals surface area contributed by atoms with Gasteiger partial charge in [-0.15, -0.1) is 0 Å². The molecule has 0 N–H and O–H groups in total. The van der Waals surface area contributed by atoms with Gasteiger partial charge in [0.2, 0.25) is 0 Å². The molecule has 0 saturated heterocycles. The molecule has 3 nitrogen and oxygen atoms in total. The molecule has 4 heteroatoms. The monoisotopic (exact) mass is 258 g/mol. The number of hydrogen-bond donors (Lipinski definition) is 0. The van der Waals surface area contributed by atoms with Crippen LogP contribution in [0.2, 0.25) is 0 Å². The average molecular weight is 259 g/mol. The highest BCUT2D eigenvalue weighted by atomic mass is 79.9.